The highest BCUT2D eigenvalue weighted by molar-refractivity contribution is 8.13. The number of nitrogens with one attached hydrogen (secondary N) is 1. The van der Waals surface area contributed by atoms with Crippen molar-refractivity contribution >= 4 is 35.2 Å². The molecule has 3 rings (SSSR count). The molecule has 1 aliphatic heterocycles. The molecule has 2 aliphatic rings. The van der Waals surface area contributed by atoms with Crippen molar-refractivity contribution in [2.75, 3.05) is 13.1 Å². The number of ketones is 1. The van der Waals surface area contributed by atoms with Gasteiger partial charge in [0.1, 0.15) is 0 Å². The molecule has 1 atom stereocenters. The van der Waals surface area contributed by atoms with Crippen LogP contribution in [0.5, 0.6) is 0 Å². The van der Waals surface area contributed by atoms with E-state index in [1.807, 2.05) is 0 Å². The van der Waals surface area contributed by atoms with Crippen LogP contribution in [0.15, 0.2) is 5.16 Å². The zero-order chi connectivity index (χ0) is 14.8. The summed E-state index contributed by atoms with van der Waals surface area (Å²) >= 11 is 0.979. The van der Waals surface area contributed by atoms with Crippen LogP contribution in [-0.4, -0.2) is 61.3 Å². The highest BCUT2D eigenvalue weighted by Crippen LogP contribution is 2.31. The summed E-state index contributed by atoms with van der Waals surface area (Å²) in [4.78, 5) is 26.3. The molecule has 1 saturated carbocycles. The van der Waals surface area contributed by atoms with Crippen molar-refractivity contribution in [3.63, 3.8) is 0 Å². The summed E-state index contributed by atoms with van der Waals surface area (Å²) in [5.74, 6) is 0.101. The van der Waals surface area contributed by atoms with Gasteiger partial charge in [-0.3, -0.25) is 9.59 Å². The molecule has 22 heavy (non-hydrogen) atoms. The van der Waals surface area contributed by atoms with Crippen molar-refractivity contribution < 1.29 is 9.59 Å². The van der Waals surface area contributed by atoms with E-state index in [0.29, 0.717) is 5.16 Å². The molecule has 0 unspecified atom stereocenters. The monoisotopic (exact) mass is 346 g/mol. The van der Waals surface area contributed by atoms with E-state index in [0.717, 1.165) is 44.0 Å². The van der Waals surface area contributed by atoms with Crippen LogP contribution in [0.25, 0.3) is 0 Å². The summed E-state index contributed by atoms with van der Waals surface area (Å²) in [7, 11) is 1.69. The number of rotatable bonds is 5. The lowest BCUT2D eigenvalue weighted by molar-refractivity contribution is -0.121. The first-order valence-electron chi connectivity index (χ1n) is 7.12. The lowest BCUT2D eigenvalue weighted by atomic mass is 10.1. The van der Waals surface area contributed by atoms with E-state index < -0.39 is 0 Å². The Morgan fingerprint density at radius 3 is 2.73 bits per heavy atom. The standard InChI is InChI=1S/C12H18N6O2S.ClH/c1-17-11(14-15-16-17)21-12(20)18(8-4-5-8)7-10(19)9-3-2-6-13-9;/h8-9,13H,2-7H2,1H3;1H/t9-;/m0./s1. The normalized spacial score (nSPS) is 20.5. The minimum atomic E-state index is -0.151. The predicted octanol–water partition coefficient (Wildman–Crippen LogP) is 0.629. The molecule has 1 aliphatic carbocycles. The average Bonchev–Trinajstić information content (AvgIpc) is 2.98. The number of Topliss-reactive ketones (excluding diaryl/α,β-unsaturated/α-hetero) is 1. The second-order valence-electron chi connectivity index (χ2n) is 5.43. The molecule has 0 radical (unpaired) electrons. The average molecular weight is 347 g/mol. The molecule has 0 bridgehead atoms. The summed E-state index contributed by atoms with van der Waals surface area (Å²) in [5.41, 5.74) is 0. The zero-order valence-electron chi connectivity index (χ0n) is 12.3. The lowest BCUT2D eigenvalue weighted by Crippen LogP contribution is -2.42. The number of tetrazole rings is 1. The Balaban J connectivity index is 0.00000176. The molecule has 0 spiro atoms. The van der Waals surface area contributed by atoms with Gasteiger partial charge in [-0.2, -0.15) is 0 Å². The fraction of sp³-hybridized carbons (Fsp3) is 0.750. The van der Waals surface area contributed by atoms with Crippen LogP contribution in [-0.2, 0) is 11.8 Å². The minimum Gasteiger partial charge on any atom is -0.323 e. The number of amides is 1. The smallest absolute Gasteiger partial charge is 0.290 e. The number of hydrogen-bond acceptors (Lipinski definition) is 7. The molecule has 1 amide bonds. The van der Waals surface area contributed by atoms with E-state index in [9.17, 15) is 9.59 Å². The number of hydrogen-bond donors (Lipinski definition) is 1. The summed E-state index contributed by atoms with van der Waals surface area (Å²) in [5, 5.41) is 14.5. The van der Waals surface area contributed by atoms with Crippen LogP contribution in [0.4, 0.5) is 4.79 Å². The van der Waals surface area contributed by atoms with Gasteiger partial charge in [0.15, 0.2) is 5.78 Å². The number of carbonyl (C=O) groups excluding carboxylic acids is 2. The fourth-order valence-electron chi connectivity index (χ4n) is 2.41. The first-order chi connectivity index (χ1) is 10.1. The summed E-state index contributed by atoms with van der Waals surface area (Å²) < 4.78 is 1.45. The van der Waals surface area contributed by atoms with E-state index in [1.54, 1.807) is 11.9 Å². The Labute approximate surface area is 138 Å². The topological polar surface area (TPSA) is 93.0 Å². The van der Waals surface area contributed by atoms with Gasteiger partial charge in [0.2, 0.25) is 5.16 Å². The number of nitrogens with zero attached hydrogens (tertiary/aromatic N) is 5. The molecule has 2 fully saturated rings. The molecule has 2 heterocycles. The molecule has 1 saturated heterocycles. The third-order valence-electron chi connectivity index (χ3n) is 3.76. The zero-order valence-corrected chi connectivity index (χ0v) is 13.9. The first-order valence-corrected chi connectivity index (χ1v) is 7.93. The first kappa shape index (κ1) is 17.2. The van der Waals surface area contributed by atoms with Crippen molar-refractivity contribution in [3.05, 3.63) is 0 Å². The quantitative estimate of drug-likeness (QED) is 0.781. The van der Waals surface area contributed by atoms with Gasteiger partial charge in [-0.25, -0.2) is 4.68 Å². The van der Waals surface area contributed by atoms with Gasteiger partial charge in [0.05, 0.1) is 12.6 Å². The maximum Gasteiger partial charge on any atom is 0.290 e. The van der Waals surface area contributed by atoms with Crippen LogP contribution in [0, 0.1) is 0 Å². The molecular weight excluding hydrogens is 328 g/mol. The number of aromatic nitrogens is 4. The van der Waals surface area contributed by atoms with Crippen molar-refractivity contribution in [2.45, 2.75) is 42.9 Å². The van der Waals surface area contributed by atoms with E-state index >= 15 is 0 Å². The third kappa shape index (κ3) is 3.96. The molecule has 0 aromatic carbocycles. The van der Waals surface area contributed by atoms with Gasteiger partial charge in [0, 0.05) is 24.9 Å². The molecule has 1 N–H and O–H groups in total. The largest absolute Gasteiger partial charge is 0.323 e. The lowest BCUT2D eigenvalue weighted by Gasteiger charge is -2.22. The molecule has 8 nitrogen and oxygen atoms in total. The maximum atomic E-state index is 12.4. The number of thioether (sulfide) groups is 1. The van der Waals surface area contributed by atoms with Crippen LogP contribution >= 0.6 is 24.2 Å². The van der Waals surface area contributed by atoms with Gasteiger partial charge in [-0.05, 0) is 42.7 Å². The van der Waals surface area contributed by atoms with Crippen molar-refractivity contribution in [1.82, 2.24) is 30.4 Å². The Bertz CT molecular complexity index is 543. The van der Waals surface area contributed by atoms with Gasteiger partial charge in [-0.1, -0.05) is 0 Å². The number of halogens is 1. The van der Waals surface area contributed by atoms with Crippen molar-refractivity contribution in [1.29, 1.82) is 0 Å². The highest BCUT2D eigenvalue weighted by atomic mass is 35.5. The van der Waals surface area contributed by atoms with Gasteiger partial charge < -0.3 is 10.2 Å². The second-order valence-corrected chi connectivity index (χ2v) is 6.35. The Morgan fingerprint density at radius 2 is 2.18 bits per heavy atom. The van der Waals surface area contributed by atoms with Crippen LogP contribution in [0.3, 0.4) is 0 Å². The maximum absolute atomic E-state index is 12.4. The molecule has 122 valence electrons. The predicted molar refractivity (Wildman–Crippen MR) is 83.1 cm³/mol. The molecular formula is C12H19ClN6O2S. The van der Waals surface area contributed by atoms with Crippen molar-refractivity contribution in [3.8, 4) is 0 Å². The van der Waals surface area contributed by atoms with Crippen LogP contribution in [0.2, 0.25) is 0 Å². The summed E-state index contributed by atoms with van der Waals surface area (Å²) in [6.07, 6.45) is 3.82. The second kappa shape index (κ2) is 7.38. The Kier molecular flexibility index (Phi) is 5.76. The highest BCUT2D eigenvalue weighted by Gasteiger charge is 2.36. The number of aryl methyl sites for hydroxylation is 1. The SMILES string of the molecule is Cl.Cn1nnnc1SC(=O)N(CC(=O)[C@@H]1CCCN1)C1CC1. The Morgan fingerprint density at radius 1 is 1.41 bits per heavy atom. The van der Waals surface area contributed by atoms with Gasteiger partial charge >= 0.3 is 0 Å². The van der Waals surface area contributed by atoms with E-state index in [4.69, 9.17) is 0 Å². The van der Waals surface area contributed by atoms with E-state index in [2.05, 4.69) is 20.8 Å². The Hall–Kier alpha value is -1.19. The molecule has 1 aromatic heterocycles. The number of carbonyl (C=O) groups is 2. The summed E-state index contributed by atoms with van der Waals surface area (Å²) in [6, 6.07) is 0.0945. The van der Waals surface area contributed by atoms with Crippen LogP contribution in [0.1, 0.15) is 25.7 Å². The molecule has 10 heteroatoms. The van der Waals surface area contributed by atoms with E-state index in [-0.39, 0.29) is 42.1 Å². The van der Waals surface area contributed by atoms with Crippen LogP contribution < -0.4 is 5.32 Å². The van der Waals surface area contributed by atoms with Crippen molar-refractivity contribution in [2.24, 2.45) is 7.05 Å². The van der Waals surface area contributed by atoms with Gasteiger partial charge in [-0.15, -0.1) is 17.5 Å². The summed E-state index contributed by atoms with van der Waals surface area (Å²) in [6.45, 7) is 1.06. The fourth-order valence-corrected chi connectivity index (χ4v) is 3.14. The third-order valence-corrected chi connectivity index (χ3v) is 4.69. The minimum absolute atomic E-state index is 0. The molecule has 1 aromatic rings. The van der Waals surface area contributed by atoms with Gasteiger partial charge in [0.25, 0.3) is 5.24 Å². The van der Waals surface area contributed by atoms with E-state index in [1.165, 1.54) is 4.68 Å².